The fraction of sp³-hybridized carbons (Fsp3) is 0.500. The normalized spacial score (nSPS) is 22.6. The summed E-state index contributed by atoms with van der Waals surface area (Å²) in [6.45, 7) is 1.16. The molecule has 1 aliphatic carbocycles. The molecule has 0 bridgehead atoms. The minimum atomic E-state index is -0.553. The van der Waals surface area contributed by atoms with Gasteiger partial charge in [0, 0.05) is 38.4 Å². The van der Waals surface area contributed by atoms with Crippen LogP contribution in [0.1, 0.15) is 36.8 Å². The monoisotopic (exact) mass is 383 g/mol. The summed E-state index contributed by atoms with van der Waals surface area (Å²) in [5, 5.41) is 14.8. The molecule has 1 aromatic heterocycles. The van der Waals surface area contributed by atoms with Gasteiger partial charge in [0.2, 0.25) is 0 Å². The summed E-state index contributed by atoms with van der Waals surface area (Å²) in [5.41, 5.74) is 4.12. The van der Waals surface area contributed by atoms with Crippen LogP contribution in [-0.2, 0) is 22.6 Å². The number of methoxy groups -OCH3 is 2. The molecule has 1 aliphatic heterocycles. The van der Waals surface area contributed by atoms with Gasteiger partial charge >= 0.3 is 0 Å². The lowest BCUT2D eigenvalue weighted by atomic mass is 9.85. The second-order valence-corrected chi connectivity index (χ2v) is 7.73. The first-order valence-corrected chi connectivity index (χ1v) is 10.00. The van der Waals surface area contributed by atoms with Gasteiger partial charge in [-0.15, -0.1) is 0 Å². The van der Waals surface area contributed by atoms with E-state index in [-0.39, 0.29) is 5.92 Å². The summed E-state index contributed by atoms with van der Waals surface area (Å²) in [6, 6.07) is 10.2. The fourth-order valence-corrected chi connectivity index (χ4v) is 4.36. The van der Waals surface area contributed by atoms with Gasteiger partial charge < -0.3 is 24.8 Å². The van der Waals surface area contributed by atoms with E-state index in [2.05, 4.69) is 39.5 Å². The maximum atomic E-state index is 11.4. The summed E-state index contributed by atoms with van der Waals surface area (Å²) in [4.78, 5) is 6.62. The van der Waals surface area contributed by atoms with E-state index >= 15 is 0 Å². The predicted molar refractivity (Wildman–Crippen MR) is 110 cm³/mol. The van der Waals surface area contributed by atoms with E-state index in [9.17, 15) is 5.11 Å². The van der Waals surface area contributed by atoms with Crippen molar-refractivity contribution in [1.29, 1.82) is 0 Å². The molecular formula is C22H29N3O3. The Morgan fingerprint density at radius 1 is 1.21 bits per heavy atom. The summed E-state index contributed by atoms with van der Waals surface area (Å²) < 4.78 is 10.8. The zero-order valence-corrected chi connectivity index (χ0v) is 16.6. The van der Waals surface area contributed by atoms with Crippen LogP contribution >= 0.6 is 0 Å². The third-order valence-corrected chi connectivity index (χ3v) is 5.96. The number of aliphatic hydroxyl groups is 1. The Balaban J connectivity index is 1.67. The highest BCUT2D eigenvalue weighted by Gasteiger charge is 2.33. The standard InChI is InChI=1S/C22H29N3O3/c1-27-14-15-5-10-19-20(12-15)25(13-17-4-3-11-23-21(17)24-19)22(26)16-6-8-18(28-2)9-7-16/h3-5,10-12,16,18,22,26H,6-9,13-14H2,1-2H3,(H,23,24)/t16?,18?,22-/m0/s1. The summed E-state index contributed by atoms with van der Waals surface area (Å²) >= 11 is 0. The number of aromatic nitrogens is 1. The molecular weight excluding hydrogens is 354 g/mol. The molecule has 6 heteroatoms. The number of hydrogen-bond acceptors (Lipinski definition) is 6. The maximum absolute atomic E-state index is 11.4. The van der Waals surface area contributed by atoms with E-state index in [4.69, 9.17) is 9.47 Å². The summed E-state index contributed by atoms with van der Waals surface area (Å²) in [5.74, 6) is 1.07. The van der Waals surface area contributed by atoms with Crippen molar-refractivity contribution in [2.75, 3.05) is 24.4 Å². The third kappa shape index (κ3) is 3.85. The molecule has 1 aromatic carbocycles. The zero-order chi connectivity index (χ0) is 19.5. The van der Waals surface area contributed by atoms with Crippen molar-refractivity contribution in [2.24, 2.45) is 5.92 Å². The van der Waals surface area contributed by atoms with Crippen LogP contribution < -0.4 is 10.2 Å². The highest BCUT2D eigenvalue weighted by Crippen LogP contribution is 2.39. The van der Waals surface area contributed by atoms with Gasteiger partial charge in [-0.25, -0.2) is 4.98 Å². The largest absolute Gasteiger partial charge is 0.381 e. The number of rotatable bonds is 5. The number of anilines is 3. The van der Waals surface area contributed by atoms with Crippen molar-refractivity contribution in [3.8, 4) is 0 Å². The zero-order valence-electron chi connectivity index (χ0n) is 16.6. The smallest absolute Gasteiger partial charge is 0.135 e. The third-order valence-electron chi connectivity index (χ3n) is 5.96. The lowest BCUT2D eigenvalue weighted by molar-refractivity contribution is 0.0177. The average molecular weight is 383 g/mol. The first kappa shape index (κ1) is 19.2. The van der Waals surface area contributed by atoms with Crippen LogP contribution in [0.25, 0.3) is 0 Å². The molecule has 0 spiro atoms. The van der Waals surface area contributed by atoms with Crippen molar-refractivity contribution in [2.45, 2.75) is 51.2 Å². The van der Waals surface area contributed by atoms with Crippen molar-refractivity contribution in [3.63, 3.8) is 0 Å². The molecule has 0 radical (unpaired) electrons. The van der Waals surface area contributed by atoms with E-state index < -0.39 is 6.23 Å². The first-order valence-electron chi connectivity index (χ1n) is 10.00. The molecule has 150 valence electrons. The Labute approximate surface area is 166 Å². The number of nitrogens with zero attached hydrogens (tertiary/aromatic N) is 2. The number of hydrogen-bond donors (Lipinski definition) is 2. The van der Waals surface area contributed by atoms with Crippen LogP contribution in [0.15, 0.2) is 36.5 Å². The van der Waals surface area contributed by atoms with Gasteiger partial charge in [0.15, 0.2) is 0 Å². The Morgan fingerprint density at radius 2 is 2.04 bits per heavy atom. The second-order valence-electron chi connectivity index (χ2n) is 7.73. The molecule has 1 fully saturated rings. The lowest BCUT2D eigenvalue weighted by Crippen LogP contribution is -2.42. The lowest BCUT2D eigenvalue weighted by Gasteiger charge is -2.38. The highest BCUT2D eigenvalue weighted by molar-refractivity contribution is 5.78. The molecule has 2 aromatic rings. The van der Waals surface area contributed by atoms with Gasteiger partial charge in [0.25, 0.3) is 0 Å². The number of pyridine rings is 1. The van der Waals surface area contributed by atoms with Gasteiger partial charge in [-0.2, -0.15) is 0 Å². The Morgan fingerprint density at radius 3 is 2.79 bits per heavy atom. The van der Waals surface area contributed by atoms with Gasteiger partial charge in [-0.1, -0.05) is 12.1 Å². The fourth-order valence-electron chi connectivity index (χ4n) is 4.36. The second kappa shape index (κ2) is 8.47. The van der Waals surface area contributed by atoms with Crippen LogP contribution in [-0.4, -0.2) is 36.6 Å². The highest BCUT2D eigenvalue weighted by atomic mass is 16.5. The minimum absolute atomic E-state index is 0.226. The molecule has 1 saturated carbocycles. The van der Waals surface area contributed by atoms with Gasteiger partial charge in [0.05, 0.1) is 24.1 Å². The van der Waals surface area contributed by atoms with E-state index in [1.165, 1.54) is 0 Å². The van der Waals surface area contributed by atoms with Crippen molar-refractivity contribution >= 4 is 17.2 Å². The molecule has 2 heterocycles. The molecule has 0 unspecified atom stereocenters. The van der Waals surface area contributed by atoms with E-state index in [0.29, 0.717) is 19.3 Å². The number of aliphatic hydroxyl groups excluding tert-OH is 1. The molecule has 2 aliphatic rings. The summed E-state index contributed by atoms with van der Waals surface area (Å²) in [7, 11) is 3.48. The van der Waals surface area contributed by atoms with Crippen LogP contribution in [0.2, 0.25) is 0 Å². The van der Waals surface area contributed by atoms with Crippen LogP contribution in [0.4, 0.5) is 17.2 Å². The quantitative estimate of drug-likeness (QED) is 0.818. The molecule has 6 nitrogen and oxygen atoms in total. The molecule has 4 rings (SSSR count). The molecule has 1 atom stereocenters. The number of nitrogens with one attached hydrogen (secondary N) is 1. The molecule has 0 saturated heterocycles. The van der Waals surface area contributed by atoms with E-state index in [1.807, 2.05) is 6.07 Å². The van der Waals surface area contributed by atoms with Crippen LogP contribution in [0, 0.1) is 5.92 Å². The van der Waals surface area contributed by atoms with Gasteiger partial charge in [-0.05, 0) is 49.4 Å². The Hall–Kier alpha value is -2.15. The Bertz CT molecular complexity index is 805. The van der Waals surface area contributed by atoms with Crippen molar-refractivity contribution < 1.29 is 14.6 Å². The first-order chi connectivity index (χ1) is 13.7. The SMILES string of the molecule is COCc1ccc2c(c1)N([C@@H](O)C1CCC(OC)CC1)Cc1cccnc1N2. The maximum Gasteiger partial charge on any atom is 0.135 e. The van der Waals surface area contributed by atoms with Gasteiger partial charge in [0.1, 0.15) is 12.0 Å². The van der Waals surface area contributed by atoms with Crippen molar-refractivity contribution in [1.82, 2.24) is 4.98 Å². The average Bonchev–Trinajstić information content (AvgIpc) is 2.90. The minimum Gasteiger partial charge on any atom is -0.381 e. The topological polar surface area (TPSA) is 66.9 Å². The summed E-state index contributed by atoms with van der Waals surface area (Å²) in [6.07, 6.45) is 5.50. The van der Waals surface area contributed by atoms with Crippen LogP contribution in [0.3, 0.4) is 0 Å². The van der Waals surface area contributed by atoms with Crippen molar-refractivity contribution in [3.05, 3.63) is 47.7 Å². The molecule has 0 amide bonds. The number of benzene rings is 1. The van der Waals surface area contributed by atoms with Crippen LogP contribution in [0.5, 0.6) is 0 Å². The molecule has 2 N–H and O–H groups in total. The number of fused-ring (bicyclic) bond motifs is 2. The molecule has 28 heavy (non-hydrogen) atoms. The number of ether oxygens (including phenoxy) is 2. The predicted octanol–water partition coefficient (Wildman–Crippen LogP) is 3.82. The van der Waals surface area contributed by atoms with E-state index in [1.54, 1.807) is 20.4 Å². The van der Waals surface area contributed by atoms with E-state index in [0.717, 1.165) is 54.0 Å². The van der Waals surface area contributed by atoms with Gasteiger partial charge in [-0.3, -0.25) is 0 Å². The Kier molecular flexibility index (Phi) is 5.80.